The molecule has 1 aliphatic rings. The van der Waals surface area contributed by atoms with Crippen LogP contribution in [0.25, 0.3) is 0 Å². The molecule has 25 heavy (non-hydrogen) atoms. The number of piperazine rings is 1. The molecule has 0 aliphatic carbocycles. The van der Waals surface area contributed by atoms with Gasteiger partial charge in [-0.15, -0.1) is 11.3 Å². The molecule has 1 saturated heterocycles. The Morgan fingerprint density at radius 3 is 2.52 bits per heavy atom. The molecule has 0 N–H and O–H groups in total. The fourth-order valence-corrected chi connectivity index (χ4v) is 3.77. The normalized spacial score (nSPS) is 16.8. The lowest BCUT2D eigenvalue weighted by Crippen LogP contribution is -2.48. The van der Waals surface area contributed by atoms with Crippen molar-refractivity contribution in [2.24, 2.45) is 0 Å². The summed E-state index contributed by atoms with van der Waals surface area (Å²) in [5.74, 6) is 0.0405. The summed E-state index contributed by atoms with van der Waals surface area (Å²) in [4.78, 5) is 21.3. The van der Waals surface area contributed by atoms with Gasteiger partial charge in [0.2, 0.25) is 5.91 Å². The van der Waals surface area contributed by atoms with Crippen molar-refractivity contribution in [2.75, 3.05) is 26.2 Å². The summed E-state index contributed by atoms with van der Waals surface area (Å²) in [7, 11) is 0. The van der Waals surface area contributed by atoms with Gasteiger partial charge in [0.25, 0.3) is 0 Å². The van der Waals surface area contributed by atoms with Gasteiger partial charge in [-0.05, 0) is 30.5 Å². The van der Waals surface area contributed by atoms with E-state index in [2.05, 4.69) is 15.3 Å². The summed E-state index contributed by atoms with van der Waals surface area (Å²) in [5, 5.41) is 3.20. The lowest BCUT2D eigenvalue weighted by atomic mass is 9.97. The van der Waals surface area contributed by atoms with Crippen molar-refractivity contribution in [3.8, 4) is 0 Å². The lowest BCUT2D eigenvalue weighted by molar-refractivity contribution is -0.133. The fraction of sp³-hybridized carbons (Fsp3) is 0.474. The third kappa shape index (κ3) is 4.86. The predicted molar refractivity (Wildman–Crippen MR) is 98.1 cm³/mol. The van der Waals surface area contributed by atoms with Crippen LogP contribution in [0.4, 0.5) is 4.39 Å². The number of carbonyl (C=O) groups is 1. The van der Waals surface area contributed by atoms with Crippen LogP contribution in [0.5, 0.6) is 0 Å². The van der Waals surface area contributed by atoms with Crippen molar-refractivity contribution >= 4 is 17.2 Å². The van der Waals surface area contributed by atoms with Crippen molar-refractivity contribution in [1.82, 2.24) is 14.8 Å². The van der Waals surface area contributed by atoms with Crippen LogP contribution in [0.2, 0.25) is 0 Å². The Morgan fingerprint density at radius 2 is 1.92 bits per heavy atom. The van der Waals surface area contributed by atoms with Gasteiger partial charge in [-0.25, -0.2) is 9.37 Å². The number of thiazole rings is 1. The van der Waals surface area contributed by atoms with Crippen LogP contribution in [-0.4, -0.2) is 46.9 Å². The Balaban J connectivity index is 1.47. The number of rotatable bonds is 5. The van der Waals surface area contributed by atoms with Crippen LogP contribution >= 0.6 is 11.3 Å². The van der Waals surface area contributed by atoms with Gasteiger partial charge in [0.15, 0.2) is 0 Å². The van der Waals surface area contributed by atoms with E-state index in [1.165, 1.54) is 12.1 Å². The molecule has 2 aromatic rings. The third-order valence-corrected chi connectivity index (χ3v) is 5.52. The first-order valence-corrected chi connectivity index (χ1v) is 9.56. The number of halogens is 1. The second kappa shape index (κ2) is 8.06. The van der Waals surface area contributed by atoms with Crippen molar-refractivity contribution in [2.45, 2.75) is 32.7 Å². The maximum atomic E-state index is 13.0. The smallest absolute Gasteiger partial charge is 0.223 e. The van der Waals surface area contributed by atoms with Gasteiger partial charge in [0.1, 0.15) is 5.82 Å². The third-order valence-electron chi connectivity index (χ3n) is 4.70. The van der Waals surface area contributed by atoms with E-state index < -0.39 is 0 Å². The van der Waals surface area contributed by atoms with E-state index in [4.69, 9.17) is 0 Å². The average molecular weight is 361 g/mol. The number of hydrogen-bond donors (Lipinski definition) is 0. The monoisotopic (exact) mass is 361 g/mol. The topological polar surface area (TPSA) is 36.4 Å². The van der Waals surface area contributed by atoms with E-state index in [0.717, 1.165) is 49.0 Å². The van der Waals surface area contributed by atoms with E-state index in [1.54, 1.807) is 23.5 Å². The second-order valence-corrected chi connectivity index (χ2v) is 7.73. The average Bonchev–Trinajstić information content (AvgIpc) is 3.01. The van der Waals surface area contributed by atoms with Crippen LogP contribution < -0.4 is 0 Å². The van der Waals surface area contributed by atoms with Crippen molar-refractivity contribution in [3.63, 3.8) is 0 Å². The summed E-state index contributed by atoms with van der Waals surface area (Å²) in [5.41, 5.74) is 2.12. The first-order chi connectivity index (χ1) is 12.0. The van der Waals surface area contributed by atoms with Crippen molar-refractivity contribution in [3.05, 3.63) is 51.7 Å². The highest BCUT2D eigenvalue weighted by atomic mass is 32.1. The quantitative estimate of drug-likeness (QED) is 0.819. The molecule has 0 saturated carbocycles. The van der Waals surface area contributed by atoms with Crippen LogP contribution in [0, 0.1) is 12.7 Å². The predicted octanol–water partition coefficient (Wildman–Crippen LogP) is 3.43. The molecule has 1 fully saturated rings. The van der Waals surface area contributed by atoms with E-state index >= 15 is 0 Å². The van der Waals surface area contributed by atoms with Gasteiger partial charge in [-0.3, -0.25) is 9.69 Å². The summed E-state index contributed by atoms with van der Waals surface area (Å²) >= 11 is 1.68. The molecule has 1 aliphatic heterocycles. The molecule has 0 spiro atoms. The van der Waals surface area contributed by atoms with E-state index in [0.29, 0.717) is 6.42 Å². The lowest BCUT2D eigenvalue weighted by Gasteiger charge is -2.35. The summed E-state index contributed by atoms with van der Waals surface area (Å²) < 4.78 is 13.0. The van der Waals surface area contributed by atoms with Crippen molar-refractivity contribution in [1.29, 1.82) is 0 Å². The molecule has 2 heterocycles. The zero-order chi connectivity index (χ0) is 17.8. The molecule has 3 rings (SSSR count). The minimum absolute atomic E-state index is 0.101. The zero-order valence-electron chi connectivity index (χ0n) is 14.7. The highest BCUT2D eigenvalue weighted by molar-refractivity contribution is 7.09. The van der Waals surface area contributed by atoms with E-state index in [1.807, 2.05) is 18.7 Å². The number of aromatic nitrogens is 1. The zero-order valence-corrected chi connectivity index (χ0v) is 15.6. The summed E-state index contributed by atoms with van der Waals surface area (Å²) in [6.45, 7) is 8.19. The minimum Gasteiger partial charge on any atom is -0.340 e. The molecular weight excluding hydrogens is 337 g/mol. The molecule has 1 aromatic carbocycles. The first-order valence-electron chi connectivity index (χ1n) is 8.68. The number of hydrogen-bond acceptors (Lipinski definition) is 4. The molecule has 4 nitrogen and oxygen atoms in total. The molecule has 0 radical (unpaired) electrons. The largest absolute Gasteiger partial charge is 0.340 e. The Kier molecular flexibility index (Phi) is 5.81. The van der Waals surface area contributed by atoms with Gasteiger partial charge in [0.05, 0.1) is 10.7 Å². The number of aryl methyl sites for hydroxylation is 1. The first kappa shape index (κ1) is 18.0. The van der Waals surface area contributed by atoms with Crippen LogP contribution in [0.15, 0.2) is 29.6 Å². The molecule has 1 atom stereocenters. The molecule has 6 heteroatoms. The molecule has 1 aromatic heterocycles. The highest BCUT2D eigenvalue weighted by Gasteiger charge is 2.23. The van der Waals surface area contributed by atoms with Crippen molar-refractivity contribution < 1.29 is 9.18 Å². The number of benzene rings is 1. The molecule has 1 unspecified atom stereocenters. The van der Waals surface area contributed by atoms with E-state index in [9.17, 15) is 9.18 Å². The Hall–Kier alpha value is -1.79. The Morgan fingerprint density at radius 1 is 1.24 bits per heavy atom. The second-order valence-electron chi connectivity index (χ2n) is 6.67. The van der Waals surface area contributed by atoms with Gasteiger partial charge in [-0.1, -0.05) is 19.1 Å². The van der Waals surface area contributed by atoms with Gasteiger partial charge < -0.3 is 4.90 Å². The fourth-order valence-electron chi connectivity index (χ4n) is 3.17. The maximum absolute atomic E-state index is 13.0. The van der Waals surface area contributed by atoms with Crippen LogP contribution in [0.3, 0.4) is 0 Å². The Bertz CT molecular complexity index is 708. The molecule has 134 valence electrons. The molecule has 1 amide bonds. The SMILES string of the molecule is Cc1nc(CN2CCN(C(=O)CC(C)c3ccc(F)cc3)CC2)cs1. The summed E-state index contributed by atoms with van der Waals surface area (Å²) in [6.07, 6.45) is 0.469. The highest BCUT2D eigenvalue weighted by Crippen LogP contribution is 2.21. The number of amides is 1. The standard InChI is InChI=1S/C19H24FN3OS/c1-14(16-3-5-17(20)6-4-16)11-19(24)23-9-7-22(8-10-23)12-18-13-25-15(2)21-18/h3-6,13-14H,7-12H2,1-2H3. The summed E-state index contributed by atoms with van der Waals surface area (Å²) in [6, 6.07) is 6.44. The maximum Gasteiger partial charge on any atom is 0.223 e. The van der Waals surface area contributed by atoms with Gasteiger partial charge in [-0.2, -0.15) is 0 Å². The Labute approximate surface area is 152 Å². The molecule has 0 bridgehead atoms. The minimum atomic E-state index is -0.242. The van der Waals surface area contributed by atoms with Crippen LogP contribution in [0.1, 0.15) is 35.5 Å². The van der Waals surface area contributed by atoms with Gasteiger partial charge >= 0.3 is 0 Å². The van der Waals surface area contributed by atoms with Crippen LogP contribution in [-0.2, 0) is 11.3 Å². The molecular formula is C19H24FN3OS. The van der Waals surface area contributed by atoms with Gasteiger partial charge in [0, 0.05) is 44.5 Å². The number of carbonyl (C=O) groups excluding carboxylic acids is 1. The number of nitrogens with zero attached hydrogens (tertiary/aromatic N) is 3. The van der Waals surface area contributed by atoms with E-state index in [-0.39, 0.29) is 17.6 Å².